The Balaban J connectivity index is 1.56. The van der Waals surface area contributed by atoms with Crippen LogP contribution >= 0.6 is 10.7 Å². The van der Waals surface area contributed by atoms with Crippen LogP contribution in [0.5, 0.6) is 0 Å². The van der Waals surface area contributed by atoms with Crippen LogP contribution in [0.3, 0.4) is 0 Å². The van der Waals surface area contributed by atoms with Gasteiger partial charge in [-0.25, -0.2) is 0 Å². The largest absolute Gasteiger partial charge is 0.389 e. The van der Waals surface area contributed by atoms with Crippen molar-refractivity contribution in [3.05, 3.63) is 12.0 Å². The molecular formula is C20H30F3N3OS. The second-order valence-electron chi connectivity index (χ2n) is 8.03. The number of alkyl halides is 3. The molecule has 2 heterocycles. The number of amidine groups is 1. The van der Waals surface area contributed by atoms with E-state index in [1.165, 1.54) is 0 Å². The molecule has 2 fully saturated rings. The van der Waals surface area contributed by atoms with Gasteiger partial charge in [0.1, 0.15) is 11.4 Å². The van der Waals surface area contributed by atoms with Gasteiger partial charge in [-0.2, -0.15) is 13.2 Å². The number of hydrogen-bond donors (Lipinski definition) is 1. The molecule has 0 radical (unpaired) electrons. The van der Waals surface area contributed by atoms with Crippen molar-refractivity contribution in [2.75, 3.05) is 13.1 Å². The van der Waals surface area contributed by atoms with Crippen LogP contribution in [0.15, 0.2) is 17.0 Å². The van der Waals surface area contributed by atoms with Crippen LogP contribution in [0.2, 0.25) is 0 Å². The minimum atomic E-state index is -4.07. The van der Waals surface area contributed by atoms with Gasteiger partial charge >= 0.3 is 6.18 Å². The van der Waals surface area contributed by atoms with Gasteiger partial charge in [0, 0.05) is 25.4 Å². The van der Waals surface area contributed by atoms with Crippen molar-refractivity contribution in [1.29, 1.82) is 0 Å². The summed E-state index contributed by atoms with van der Waals surface area (Å²) in [6, 6.07) is 0. The van der Waals surface area contributed by atoms with E-state index in [0.29, 0.717) is 12.8 Å². The fraction of sp³-hybridized carbons (Fsp3) is 0.750. The van der Waals surface area contributed by atoms with Gasteiger partial charge in [-0.05, 0) is 68.6 Å². The molecule has 0 bridgehead atoms. The number of amides is 1. The Morgan fingerprint density at radius 2 is 1.93 bits per heavy atom. The van der Waals surface area contributed by atoms with Gasteiger partial charge < -0.3 is 5.32 Å². The number of carbonyl (C=O) groups excluding carboxylic acids is 1. The number of piperidine rings is 1. The van der Waals surface area contributed by atoms with Gasteiger partial charge in [-0.1, -0.05) is 17.2 Å². The molecule has 0 aromatic rings. The first kappa shape index (κ1) is 21.6. The predicted molar refractivity (Wildman–Crippen MR) is 109 cm³/mol. The lowest BCUT2D eigenvalue weighted by molar-refractivity contribution is -0.138. The summed E-state index contributed by atoms with van der Waals surface area (Å²) in [6.07, 6.45) is 0.0553. The molecule has 1 spiro atoms. The number of nitrogens with one attached hydrogen (secondary N) is 1. The van der Waals surface area contributed by atoms with E-state index < -0.39 is 18.1 Å². The fourth-order valence-corrected chi connectivity index (χ4v) is 5.89. The summed E-state index contributed by atoms with van der Waals surface area (Å²) < 4.78 is 39.6. The highest BCUT2D eigenvalue weighted by Gasteiger charge is 2.47. The maximum Gasteiger partial charge on any atom is 0.389 e. The second-order valence-corrected chi connectivity index (χ2v) is 10.0. The summed E-state index contributed by atoms with van der Waals surface area (Å²) >= 11 is 0. The number of nitrogens with zero attached hydrogens (tertiary/aromatic N) is 2. The molecule has 1 N–H and O–H groups in total. The van der Waals surface area contributed by atoms with Crippen molar-refractivity contribution in [2.45, 2.75) is 70.0 Å². The number of carbonyl (C=O) groups is 1. The van der Waals surface area contributed by atoms with Crippen LogP contribution in [-0.2, 0) is 4.79 Å². The van der Waals surface area contributed by atoms with Crippen molar-refractivity contribution >= 4 is 27.8 Å². The first-order valence-electron chi connectivity index (χ1n) is 10.1. The Morgan fingerprint density at radius 1 is 1.29 bits per heavy atom. The molecule has 1 saturated heterocycles. The molecule has 3 aliphatic rings. The summed E-state index contributed by atoms with van der Waals surface area (Å²) in [5, 5.41) is 7.09. The molecule has 0 aromatic heterocycles. The zero-order valence-electron chi connectivity index (χ0n) is 16.4. The maximum atomic E-state index is 12.7. The quantitative estimate of drug-likeness (QED) is 0.662. The maximum absolute atomic E-state index is 12.7. The number of halogens is 3. The molecule has 2 aliphatic heterocycles. The number of hydrogen-bond acceptors (Lipinski definition) is 3. The molecule has 158 valence electrons. The lowest BCUT2D eigenvalue weighted by Crippen LogP contribution is -2.47. The van der Waals surface area contributed by atoms with Gasteiger partial charge in [-0.3, -0.25) is 14.1 Å². The van der Waals surface area contributed by atoms with Gasteiger partial charge in [0.15, 0.2) is 0 Å². The summed E-state index contributed by atoms with van der Waals surface area (Å²) in [6.45, 7) is 7.54. The number of aliphatic imine (C=N–C) groups is 1. The molecule has 3 rings (SSSR count). The average molecular weight is 418 g/mol. The Hall–Kier alpha value is -1.15. The minimum Gasteiger partial charge on any atom is -0.312 e. The molecule has 1 saturated carbocycles. The van der Waals surface area contributed by atoms with Crippen LogP contribution in [0.4, 0.5) is 13.2 Å². The van der Waals surface area contributed by atoms with Gasteiger partial charge in [0.2, 0.25) is 0 Å². The van der Waals surface area contributed by atoms with Crippen LogP contribution in [0.25, 0.3) is 0 Å². The van der Waals surface area contributed by atoms with Crippen molar-refractivity contribution in [1.82, 2.24) is 9.62 Å². The van der Waals surface area contributed by atoms with Crippen LogP contribution in [0.1, 0.15) is 58.3 Å². The summed E-state index contributed by atoms with van der Waals surface area (Å²) in [5.74, 6) is 1.09. The molecule has 8 heteroatoms. The zero-order chi connectivity index (χ0) is 20.4. The Morgan fingerprint density at radius 3 is 2.46 bits per heavy atom. The monoisotopic (exact) mass is 417 g/mol. The smallest absolute Gasteiger partial charge is 0.312 e. The third-order valence-corrected chi connectivity index (χ3v) is 8.11. The molecule has 1 aliphatic carbocycles. The average Bonchev–Trinajstić information content (AvgIpc) is 2.98. The van der Waals surface area contributed by atoms with Crippen LogP contribution < -0.4 is 5.32 Å². The van der Waals surface area contributed by atoms with Crippen LogP contribution in [-0.4, -0.2) is 46.2 Å². The Bertz CT molecular complexity index is 658. The molecule has 1 unspecified atom stereocenters. The van der Waals surface area contributed by atoms with E-state index in [1.54, 1.807) is 0 Å². The van der Waals surface area contributed by atoms with Crippen molar-refractivity contribution in [2.24, 2.45) is 16.8 Å². The van der Waals surface area contributed by atoms with Crippen LogP contribution in [0, 0.1) is 11.8 Å². The van der Waals surface area contributed by atoms with E-state index in [0.717, 1.165) is 44.6 Å². The third-order valence-electron chi connectivity index (χ3n) is 6.33. The van der Waals surface area contributed by atoms with Crippen molar-refractivity contribution in [3.63, 3.8) is 0 Å². The van der Waals surface area contributed by atoms with Crippen molar-refractivity contribution in [3.8, 4) is 0 Å². The van der Waals surface area contributed by atoms with E-state index >= 15 is 0 Å². The van der Waals surface area contributed by atoms with E-state index in [1.807, 2.05) is 12.3 Å². The SMILES string of the molecule is C=CS(=CC)N1CCC2(CC1)N=C(C1CCC(CCC(F)(F)F)CC1)NC2=O. The highest BCUT2D eigenvalue weighted by Crippen LogP contribution is 2.39. The molecule has 1 amide bonds. The summed E-state index contributed by atoms with van der Waals surface area (Å²) in [4.78, 5) is 17.6. The predicted octanol–water partition coefficient (Wildman–Crippen LogP) is 4.65. The molecule has 4 nitrogen and oxygen atoms in total. The second kappa shape index (κ2) is 8.69. The molecule has 1 atom stereocenters. The normalized spacial score (nSPS) is 29.6. The highest BCUT2D eigenvalue weighted by molar-refractivity contribution is 8.15. The minimum absolute atomic E-state index is 0.000286. The molecular weight excluding hydrogens is 387 g/mol. The third kappa shape index (κ3) is 4.87. The first-order valence-corrected chi connectivity index (χ1v) is 11.4. The number of rotatable bonds is 5. The van der Waals surface area contributed by atoms with E-state index in [4.69, 9.17) is 4.99 Å². The Kier molecular flexibility index (Phi) is 6.69. The van der Waals surface area contributed by atoms with Gasteiger partial charge in [-0.15, -0.1) is 0 Å². The molecule has 28 heavy (non-hydrogen) atoms. The topological polar surface area (TPSA) is 44.7 Å². The molecule has 0 aromatic carbocycles. The lowest BCUT2D eigenvalue weighted by Gasteiger charge is -2.36. The summed E-state index contributed by atoms with van der Waals surface area (Å²) in [7, 11) is -0.0666. The fourth-order valence-electron chi connectivity index (χ4n) is 4.58. The zero-order valence-corrected chi connectivity index (χ0v) is 17.2. The Labute approximate surface area is 167 Å². The summed E-state index contributed by atoms with van der Waals surface area (Å²) in [5.41, 5.74) is -0.650. The van der Waals surface area contributed by atoms with Gasteiger partial charge in [0.05, 0.1) is 0 Å². The standard InChI is InChI=1S/C20H30F3N3OS/c1-3-28(4-2)26-13-11-19(12-14-26)18(27)24-17(25-19)16-7-5-15(6-8-16)9-10-20(21,22)23/h3-4,15-16H,1,5-14H2,2H3,(H,24,25,27). The highest BCUT2D eigenvalue weighted by atomic mass is 32.2. The van der Waals surface area contributed by atoms with E-state index in [-0.39, 0.29) is 34.8 Å². The van der Waals surface area contributed by atoms with E-state index in [9.17, 15) is 18.0 Å². The van der Waals surface area contributed by atoms with Crippen molar-refractivity contribution < 1.29 is 18.0 Å². The lowest BCUT2D eigenvalue weighted by atomic mass is 9.79. The first-order chi connectivity index (χ1) is 13.3. The van der Waals surface area contributed by atoms with Gasteiger partial charge in [0.25, 0.3) is 5.91 Å². The van der Waals surface area contributed by atoms with E-state index in [2.05, 4.69) is 21.6 Å².